The van der Waals surface area contributed by atoms with Gasteiger partial charge in [-0.1, -0.05) is 17.7 Å². The van der Waals surface area contributed by atoms with E-state index in [4.69, 9.17) is 0 Å². The first kappa shape index (κ1) is 19.1. The Morgan fingerprint density at radius 3 is 2.62 bits per heavy atom. The van der Waals surface area contributed by atoms with Gasteiger partial charge in [0.25, 0.3) is 5.56 Å². The summed E-state index contributed by atoms with van der Waals surface area (Å²) in [4.78, 5) is 31.4. The Hall–Kier alpha value is -3.22. The van der Waals surface area contributed by atoms with Gasteiger partial charge < -0.3 is 10.2 Å². The monoisotopic (exact) mass is 394 g/mol. The number of aryl methyl sites for hydroxylation is 2. The van der Waals surface area contributed by atoms with Gasteiger partial charge in [-0.15, -0.1) is 0 Å². The molecule has 0 bridgehead atoms. The van der Waals surface area contributed by atoms with Crippen molar-refractivity contribution in [3.8, 4) is 0 Å². The maximum absolute atomic E-state index is 13.5. The Balaban J connectivity index is 1.45. The molecule has 4 rings (SSSR count). The Bertz CT molecular complexity index is 1130. The van der Waals surface area contributed by atoms with E-state index >= 15 is 0 Å². The number of hydrogen-bond donors (Lipinski definition) is 1. The van der Waals surface area contributed by atoms with Crippen molar-refractivity contribution in [1.29, 1.82) is 0 Å². The van der Waals surface area contributed by atoms with Gasteiger partial charge in [0.2, 0.25) is 0 Å². The van der Waals surface area contributed by atoms with Crippen LogP contribution in [0.25, 0.3) is 10.9 Å². The second kappa shape index (κ2) is 7.66. The van der Waals surface area contributed by atoms with Gasteiger partial charge in [-0.2, -0.15) is 0 Å². The zero-order chi connectivity index (χ0) is 20.5. The number of anilines is 1. The van der Waals surface area contributed by atoms with Crippen LogP contribution < -0.4 is 10.9 Å². The molecule has 0 atom stereocenters. The molecule has 1 fully saturated rings. The van der Waals surface area contributed by atoms with Crippen molar-refractivity contribution in [2.45, 2.75) is 32.7 Å². The maximum atomic E-state index is 13.5. The van der Waals surface area contributed by atoms with E-state index in [0.29, 0.717) is 31.4 Å². The van der Waals surface area contributed by atoms with Gasteiger partial charge in [0.05, 0.1) is 17.2 Å². The second-order valence-electron chi connectivity index (χ2n) is 7.59. The lowest BCUT2D eigenvalue weighted by Gasteiger charge is -2.33. The van der Waals surface area contributed by atoms with Crippen LogP contribution in [0, 0.1) is 19.7 Å². The highest BCUT2D eigenvalue weighted by molar-refractivity contribution is 5.90. The number of benzene rings is 2. The van der Waals surface area contributed by atoms with Gasteiger partial charge in [-0.3, -0.25) is 9.36 Å². The number of piperidine rings is 1. The minimum atomic E-state index is -0.452. The molecule has 1 aliphatic rings. The van der Waals surface area contributed by atoms with Gasteiger partial charge in [0.1, 0.15) is 5.82 Å². The van der Waals surface area contributed by atoms with Crippen molar-refractivity contribution in [2.75, 3.05) is 18.4 Å². The number of aromatic nitrogens is 2. The summed E-state index contributed by atoms with van der Waals surface area (Å²) in [5, 5.41) is 3.25. The number of rotatable bonds is 2. The summed E-state index contributed by atoms with van der Waals surface area (Å²) in [6.45, 7) is 5.06. The van der Waals surface area contributed by atoms with Crippen LogP contribution in [0.1, 0.15) is 30.0 Å². The number of fused-ring (bicyclic) bond motifs is 1. The van der Waals surface area contributed by atoms with Crippen molar-refractivity contribution in [2.24, 2.45) is 0 Å². The number of halogens is 1. The number of urea groups is 1. The Morgan fingerprint density at radius 2 is 1.90 bits per heavy atom. The summed E-state index contributed by atoms with van der Waals surface area (Å²) in [7, 11) is 0. The smallest absolute Gasteiger partial charge is 0.321 e. The van der Waals surface area contributed by atoms with Crippen molar-refractivity contribution < 1.29 is 9.18 Å². The van der Waals surface area contributed by atoms with Gasteiger partial charge >= 0.3 is 6.03 Å². The molecule has 0 unspecified atom stereocenters. The van der Waals surface area contributed by atoms with Crippen LogP contribution in [0.2, 0.25) is 0 Å². The van der Waals surface area contributed by atoms with Gasteiger partial charge in [-0.05, 0) is 56.5 Å². The van der Waals surface area contributed by atoms with E-state index in [2.05, 4.69) is 10.3 Å². The summed E-state index contributed by atoms with van der Waals surface area (Å²) >= 11 is 0. The molecule has 1 aromatic heterocycles. The summed E-state index contributed by atoms with van der Waals surface area (Å²) in [6, 6.07) is 9.75. The fourth-order valence-corrected chi connectivity index (χ4v) is 3.86. The number of hydrogen-bond acceptors (Lipinski definition) is 3. The third-order valence-corrected chi connectivity index (χ3v) is 5.51. The normalized spacial score (nSPS) is 14.9. The van der Waals surface area contributed by atoms with Crippen LogP contribution in [0.4, 0.5) is 14.9 Å². The highest BCUT2D eigenvalue weighted by Gasteiger charge is 2.25. The third kappa shape index (κ3) is 3.85. The molecule has 0 radical (unpaired) electrons. The topological polar surface area (TPSA) is 67.2 Å². The molecule has 29 heavy (non-hydrogen) atoms. The predicted octanol–water partition coefficient (Wildman–Crippen LogP) is 4.02. The van der Waals surface area contributed by atoms with Crippen molar-refractivity contribution in [1.82, 2.24) is 14.5 Å². The van der Waals surface area contributed by atoms with E-state index in [1.807, 2.05) is 32.0 Å². The minimum absolute atomic E-state index is 0.0622. The molecule has 6 nitrogen and oxygen atoms in total. The van der Waals surface area contributed by atoms with Gasteiger partial charge in [0.15, 0.2) is 0 Å². The van der Waals surface area contributed by atoms with Gasteiger partial charge in [0, 0.05) is 24.8 Å². The lowest BCUT2D eigenvalue weighted by molar-refractivity contribution is 0.182. The number of carbonyl (C=O) groups excluding carboxylic acids is 1. The summed E-state index contributed by atoms with van der Waals surface area (Å²) in [6.07, 6.45) is 2.81. The number of nitrogens with one attached hydrogen (secondary N) is 1. The highest BCUT2D eigenvalue weighted by Crippen LogP contribution is 2.23. The van der Waals surface area contributed by atoms with Crippen molar-refractivity contribution in [3.63, 3.8) is 0 Å². The molecule has 2 aromatic carbocycles. The molecule has 150 valence electrons. The average molecular weight is 394 g/mol. The van der Waals surface area contributed by atoms with Crippen LogP contribution in [0.3, 0.4) is 0 Å². The van der Waals surface area contributed by atoms with E-state index < -0.39 is 5.82 Å². The Morgan fingerprint density at radius 1 is 1.14 bits per heavy atom. The molecular formula is C22H23FN4O2. The van der Waals surface area contributed by atoms with E-state index in [1.165, 1.54) is 24.5 Å². The molecule has 0 saturated carbocycles. The summed E-state index contributed by atoms with van der Waals surface area (Å²) < 4.78 is 15.1. The SMILES string of the molecule is Cc1ccc(NC(=O)N2CCC(n3cnc4ccc(F)cc4c3=O)CC2)c(C)c1. The zero-order valence-corrected chi connectivity index (χ0v) is 16.5. The second-order valence-corrected chi connectivity index (χ2v) is 7.59. The van der Waals surface area contributed by atoms with Crippen molar-refractivity contribution in [3.05, 3.63) is 70.0 Å². The first-order valence-electron chi connectivity index (χ1n) is 9.72. The first-order chi connectivity index (χ1) is 13.9. The van der Waals surface area contributed by atoms with E-state index in [1.54, 1.807) is 9.47 Å². The highest BCUT2D eigenvalue weighted by atomic mass is 19.1. The predicted molar refractivity (Wildman–Crippen MR) is 111 cm³/mol. The lowest BCUT2D eigenvalue weighted by atomic mass is 10.0. The van der Waals surface area contributed by atoms with Crippen LogP contribution >= 0.6 is 0 Å². The molecule has 7 heteroatoms. The standard InChI is InChI=1S/C22H23FN4O2/c1-14-3-5-19(15(2)11-14)25-22(29)26-9-7-17(8-10-26)27-13-24-20-6-4-16(23)12-18(20)21(27)28/h3-6,11-13,17H,7-10H2,1-2H3,(H,25,29). The fourth-order valence-electron chi connectivity index (χ4n) is 3.86. The van der Waals surface area contributed by atoms with Crippen LogP contribution in [-0.2, 0) is 0 Å². The molecular weight excluding hydrogens is 371 g/mol. The zero-order valence-electron chi connectivity index (χ0n) is 16.5. The number of nitrogens with zero attached hydrogens (tertiary/aromatic N) is 3. The van der Waals surface area contributed by atoms with E-state index in [-0.39, 0.29) is 23.0 Å². The summed E-state index contributed by atoms with van der Waals surface area (Å²) in [5.41, 5.74) is 3.22. The molecule has 2 heterocycles. The fraction of sp³-hybridized carbons (Fsp3) is 0.318. The molecule has 2 amide bonds. The third-order valence-electron chi connectivity index (χ3n) is 5.51. The molecule has 1 aliphatic heterocycles. The maximum Gasteiger partial charge on any atom is 0.321 e. The number of carbonyl (C=O) groups is 1. The molecule has 1 N–H and O–H groups in total. The van der Waals surface area contributed by atoms with Crippen LogP contribution in [-0.4, -0.2) is 33.6 Å². The quantitative estimate of drug-likeness (QED) is 0.714. The lowest BCUT2D eigenvalue weighted by Crippen LogP contribution is -2.42. The number of likely N-dealkylation sites (tertiary alicyclic amines) is 1. The number of amides is 2. The Kier molecular flexibility index (Phi) is 5.05. The summed E-state index contributed by atoms with van der Waals surface area (Å²) in [5.74, 6) is -0.452. The first-order valence-corrected chi connectivity index (χ1v) is 9.72. The van der Waals surface area contributed by atoms with Gasteiger partial charge in [-0.25, -0.2) is 14.2 Å². The average Bonchev–Trinajstić information content (AvgIpc) is 2.71. The minimum Gasteiger partial charge on any atom is -0.324 e. The van der Waals surface area contributed by atoms with Crippen LogP contribution in [0.5, 0.6) is 0 Å². The van der Waals surface area contributed by atoms with E-state index in [0.717, 1.165) is 16.8 Å². The van der Waals surface area contributed by atoms with Crippen molar-refractivity contribution >= 4 is 22.6 Å². The van der Waals surface area contributed by atoms with E-state index in [9.17, 15) is 14.0 Å². The molecule has 0 spiro atoms. The molecule has 1 saturated heterocycles. The molecule has 3 aromatic rings. The molecule has 0 aliphatic carbocycles. The van der Waals surface area contributed by atoms with Crippen LogP contribution in [0.15, 0.2) is 47.5 Å². The Labute approximate surface area is 168 Å². The largest absolute Gasteiger partial charge is 0.324 e.